The Morgan fingerprint density at radius 2 is 1.20 bits per heavy atom. The smallest absolute Gasteiger partial charge is 0.0700 e. The number of ether oxygens (including phenoxy) is 2. The molecule has 0 atom stereocenters. The Kier molecular flexibility index (Phi) is 26.2. The van der Waals surface area contributed by atoms with E-state index < -0.39 is 0 Å². The van der Waals surface area contributed by atoms with Crippen molar-refractivity contribution in [3.8, 4) is 0 Å². The predicted octanol–water partition coefficient (Wildman–Crippen LogP) is 0.397. The van der Waals surface area contributed by atoms with Gasteiger partial charge >= 0.3 is 0 Å². The van der Waals surface area contributed by atoms with Crippen LogP contribution in [0, 0.1) is 0 Å². The van der Waals surface area contributed by atoms with E-state index in [1.54, 1.807) is 0 Å². The summed E-state index contributed by atoms with van der Waals surface area (Å²) in [5.41, 5.74) is 0. The van der Waals surface area contributed by atoms with Gasteiger partial charge in [-0.2, -0.15) is 0 Å². The average molecular weight is 153 g/mol. The van der Waals surface area contributed by atoms with Crippen LogP contribution in [-0.4, -0.2) is 31.9 Å². The molecule has 0 amide bonds. The van der Waals surface area contributed by atoms with Gasteiger partial charge in [0.2, 0.25) is 0 Å². The summed E-state index contributed by atoms with van der Waals surface area (Å²) < 4.78 is 10.0. The van der Waals surface area contributed by atoms with Crippen molar-refractivity contribution in [1.29, 1.82) is 0 Å². The Labute approximate surface area is 62.4 Å². The third-order valence-corrected chi connectivity index (χ3v) is 0.780. The molecule has 10 heavy (non-hydrogen) atoms. The SMILES string of the molecule is CCOCCOCC.N.O. The van der Waals surface area contributed by atoms with Crippen LogP contribution in [0.2, 0.25) is 0 Å². The highest BCUT2D eigenvalue weighted by Crippen LogP contribution is 1.75. The molecule has 0 radical (unpaired) electrons. The summed E-state index contributed by atoms with van der Waals surface area (Å²) in [7, 11) is 0. The molecule has 0 aromatic heterocycles. The fourth-order valence-corrected chi connectivity index (χ4v) is 0.407. The molecule has 0 bridgehead atoms. The molecule has 0 rings (SSSR count). The van der Waals surface area contributed by atoms with Crippen LogP contribution < -0.4 is 6.15 Å². The van der Waals surface area contributed by atoms with Gasteiger partial charge in [-0.25, -0.2) is 0 Å². The van der Waals surface area contributed by atoms with E-state index in [0.717, 1.165) is 26.4 Å². The van der Waals surface area contributed by atoms with Crippen LogP contribution in [0.3, 0.4) is 0 Å². The first-order chi connectivity index (χ1) is 3.91. The number of rotatable bonds is 5. The molecule has 0 spiro atoms. The zero-order chi connectivity index (χ0) is 6.24. The summed E-state index contributed by atoms with van der Waals surface area (Å²) >= 11 is 0. The van der Waals surface area contributed by atoms with E-state index in [1.165, 1.54) is 0 Å². The summed E-state index contributed by atoms with van der Waals surface area (Å²) in [5.74, 6) is 0. The quantitative estimate of drug-likeness (QED) is 0.580. The maximum absolute atomic E-state index is 5.01. The highest BCUT2D eigenvalue weighted by Gasteiger charge is 1.81. The monoisotopic (exact) mass is 153 g/mol. The van der Waals surface area contributed by atoms with E-state index >= 15 is 0 Å². The third-order valence-electron chi connectivity index (χ3n) is 0.780. The van der Waals surface area contributed by atoms with Crippen molar-refractivity contribution >= 4 is 0 Å². The minimum atomic E-state index is 0. The lowest BCUT2D eigenvalue weighted by atomic mass is 10.7. The van der Waals surface area contributed by atoms with Gasteiger partial charge in [-0.15, -0.1) is 0 Å². The first-order valence-corrected chi connectivity index (χ1v) is 3.07. The van der Waals surface area contributed by atoms with Crippen molar-refractivity contribution in [3.63, 3.8) is 0 Å². The zero-order valence-corrected chi connectivity index (χ0v) is 6.85. The molecule has 0 aliphatic heterocycles. The van der Waals surface area contributed by atoms with Gasteiger partial charge in [-0.1, -0.05) is 0 Å². The summed E-state index contributed by atoms with van der Waals surface area (Å²) in [5, 5.41) is 0. The van der Waals surface area contributed by atoms with E-state index in [1.807, 2.05) is 13.8 Å². The molecule has 0 aliphatic rings. The molecule has 4 heteroatoms. The van der Waals surface area contributed by atoms with Gasteiger partial charge in [0.25, 0.3) is 0 Å². The second-order valence-electron chi connectivity index (χ2n) is 1.39. The van der Waals surface area contributed by atoms with E-state index in [4.69, 9.17) is 9.47 Å². The van der Waals surface area contributed by atoms with E-state index in [9.17, 15) is 0 Å². The Hall–Kier alpha value is -0.160. The summed E-state index contributed by atoms with van der Waals surface area (Å²) in [6.07, 6.45) is 0. The maximum Gasteiger partial charge on any atom is 0.0700 e. The van der Waals surface area contributed by atoms with Crippen LogP contribution in [0.5, 0.6) is 0 Å². The van der Waals surface area contributed by atoms with Crippen LogP contribution in [0.15, 0.2) is 0 Å². The molecule has 0 aromatic rings. The van der Waals surface area contributed by atoms with Gasteiger partial charge in [-0.05, 0) is 13.8 Å². The first kappa shape index (κ1) is 16.4. The van der Waals surface area contributed by atoms with Gasteiger partial charge in [0.15, 0.2) is 0 Å². The van der Waals surface area contributed by atoms with E-state index in [0.29, 0.717) is 0 Å². The number of hydrogen-bond donors (Lipinski definition) is 1. The molecule has 0 heterocycles. The molecular formula is C6H19NO3. The topological polar surface area (TPSA) is 85.0 Å². The van der Waals surface area contributed by atoms with Gasteiger partial charge < -0.3 is 21.1 Å². The summed E-state index contributed by atoms with van der Waals surface area (Å²) in [4.78, 5) is 0. The van der Waals surface area contributed by atoms with Gasteiger partial charge in [0, 0.05) is 13.2 Å². The fraction of sp³-hybridized carbons (Fsp3) is 1.00. The van der Waals surface area contributed by atoms with Gasteiger partial charge in [0.05, 0.1) is 13.2 Å². The van der Waals surface area contributed by atoms with Crippen LogP contribution >= 0.6 is 0 Å². The summed E-state index contributed by atoms with van der Waals surface area (Å²) in [6.45, 7) is 6.98. The normalized spacial score (nSPS) is 7.80. The Balaban J connectivity index is -0.000000245. The van der Waals surface area contributed by atoms with Gasteiger partial charge in [0.1, 0.15) is 0 Å². The Morgan fingerprint density at radius 3 is 1.40 bits per heavy atom. The van der Waals surface area contributed by atoms with E-state index in [-0.39, 0.29) is 11.6 Å². The van der Waals surface area contributed by atoms with Crippen LogP contribution in [0.4, 0.5) is 0 Å². The Bertz CT molecular complexity index is 38.0. The molecule has 4 nitrogen and oxygen atoms in total. The first-order valence-electron chi connectivity index (χ1n) is 3.07. The zero-order valence-electron chi connectivity index (χ0n) is 6.85. The maximum atomic E-state index is 5.01. The standard InChI is InChI=1S/C6H14O2.H3N.H2O/c1-3-7-5-6-8-4-2;;/h3-6H2,1-2H3;1H3;1H2. The number of hydrogen-bond acceptors (Lipinski definition) is 3. The van der Waals surface area contributed by atoms with Crippen molar-refractivity contribution in [2.24, 2.45) is 0 Å². The third kappa shape index (κ3) is 15.7. The molecular weight excluding hydrogens is 134 g/mol. The molecule has 0 aliphatic carbocycles. The predicted molar refractivity (Wildman–Crippen MR) is 41.6 cm³/mol. The molecule has 0 unspecified atom stereocenters. The van der Waals surface area contributed by atoms with E-state index in [2.05, 4.69) is 0 Å². The molecule has 0 aromatic carbocycles. The highest BCUT2D eigenvalue weighted by atomic mass is 16.5. The second kappa shape index (κ2) is 15.9. The van der Waals surface area contributed by atoms with Crippen molar-refractivity contribution in [2.45, 2.75) is 13.8 Å². The molecule has 0 saturated carbocycles. The lowest BCUT2D eigenvalue weighted by molar-refractivity contribution is 0.0584. The fourth-order valence-electron chi connectivity index (χ4n) is 0.407. The largest absolute Gasteiger partial charge is 0.412 e. The summed E-state index contributed by atoms with van der Waals surface area (Å²) in [6, 6.07) is 0. The second-order valence-corrected chi connectivity index (χ2v) is 1.39. The van der Waals surface area contributed by atoms with Crippen LogP contribution in [0.1, 0.15) is 13.8 Å². The molecule has 0 fully saturated rings. The lowest BCUT2D eigenvalue weighted by Gasteiger charge is -1.99. The molecule has 0 saturated heterocycles. The van der Waals surface area contributed by atoms with Crippen molar-refractivity contribution in [2.75, 3.05) is 26.4 Å². The minimum absolute atomic E-state index is 0. The van der Waals surface area contributed by atoms with Crippen molar-refractivity contribution in [3.05, 3.63) is 0 Å². The average Bonchev–Trinajstić information content (AvgIpc) is 1.81. The van der Waals surface area contributed by atoms with Crippen molar-refractivity contribution < 1.29 is 14.9 Å². The van der Waals surface area contributed by atoms with Crippen LogP contribution in [0.25, 0.3) is 0 Å². The van der Waals surface area contributed by atoms with Gasteiger partial charge in [-0.3, -0.25) is 0 Å². The minimum Gasteiger partial charge on any atom is -0.412 e. The Morgan fingerprint density at radius 1 is 0.900 bits per heavy atom. The van der Waals surface area contributed by atoms with Crippen molar-refractivity contribution in [1.82, 2.24) is 6.15 Å². The molecule has 5 N–H and O–H groups in total. The molecule has 66 valence electrons. The highest BCUT2D eigenvalue weighted by molar-refractivity contribution is 4.24. The lowest BCUT2D eigenvalue weighted by Crippen LogP contribution is -2.02. The van der Waals surface area contributed by atoms with Crippen LogP contribution in [-0.2, 0) is 9.47 Å².